The van der Waals surface area contributed by atoms with Crippen molar-refractivity contribution >= 4 is 17.6 Å². The number of amides is 1. The lowest BCUT2D eigenvalue weighted by Crippen LogP contribution is -2.49. The third kappa shape index (κ3) is 4.08. The summed E-state index contributed by atoms with van der Waals surface area (Å²) in [7, 11) is 0. The van der Waals surface area contributed by atoms with Crippen molar-refractivity contribution in [2.45, 2.75) is 13.5 Å². The summed E-state index contributed by atoms with van der Waals surface area (Å²) in [6, 6.07) is 11.3. The van der Waals surface area contributed by atoms with Gasteiger partial charge in [0, 0.05) is 31.7 Å². The van der Waals surface area contributed by atoms with E-state index in [0.29, 0.717) is 37.6 Å². The fourth-order valence-corrected chi connectivity index (χ4v) is 2.83. The van der Waals surface area contributed by atoms with Crippen molar-refractivity contribution in [1.29, 1.82) is 0 Å². The number of hydrogen-bond donors (Lipinski definition) is 0. The van der Waals surface area contributed by atoms with Gasteiger partial charge in [-0.3, -0.25) is 10.1 Å². The Morgan fingerprint density at radius 2 is 1.92 bits per heavy atom. The van der Waals surface area contributed by atoms with E-state index in [1.165, 1.54) is 6.20 Å². The molecule has 1 amide bonds. The Hall–Kier alpha value is -3.16. The summed E-state index contributed by atoms with van der Waals surface area (Å²) in [5, 5.41) is 10.9. The van der Waals surface area contributed by atoms with Crippen molar-refractivity contribution < 1.29 is 14.5 Å². The van der Waals surface area contributed by atoms with E-state index in [0.717, 1.165) is 5.56 Å². The molecule has 136 valence electrons. The molecular weight excluding hydrogens is 336 g/mol. The highest BCUT2D eigenvalue weighted by Crippen LogP contribution is 2.22. The Morgan fingerprint density at radius 1 is 1.23 bits per heavy atom. The van der Waals surface area contributed by atoms with Gasteiger partial charge in [0.1, 0.15) is 18.6 Å². The third-order valence-corrected chi connectivity index (χ3v) is 4.33. The molecule has 2 aromatic rings. The number of anilines is 1. The number of aromatic nitrogens is 1. The van der Waals surface area contributed by atoms with E-state index in [-0.39, 0.29) is 18.4 Å². The normalized spacial score (nSPS) is 14.2. The summed E-state index contributed by atoms with van der Waals surface area (Å²) in [6.07, 6.45) is 0.951. The second-order valence-electron chi connectivity index (χ2n) is 6.10. The maximum Gasteiger partial charge on any atom is 0.410 e. The van der Waals surface area contributed by atoms with E-state index in [1.807, 2.05) is 35.2 Å². The molecule has 1 fully saturated rings. The van der Waals surface area contributed by atoms with Crippen LogP contribution >= 0.6 is 0 Å². The molecule has 8 nitrogen and oxygen atoms in total. The van der Waals surface area contributed by atoms with Crippen LogP contribution in [0.4, 0.5) is 16.3 Å². The number of benzene rings is 1. The minimum atomic E-state index is -0.438. The molecule has 3 rings (SSSR count). The van der Waals surface area contributed by atoms with E-state index in [4.69, 9.17) is 4.74 Å². The maximum atomic E-state index is 12.2. The molecule has 1 aliphatic rings. The second-order valence-corrected chi connectivity index (χ2v) is 6.10. The minimum Gasteiger partial charge on any atom is -0.445 e. The molecule has 0 saturated carbocycles. The van der Waals surface area contributed by atoms with E-state index >= 15 is 0 Å². The fraction of sp³-hybridized carbons (Fsp3) is 0.333. The Bertz CT molecular complexity index is 789. The maximum absolute atomic E-state index is 12.2. The van der Waals surface area contributed by atoms with Crippen LogP contribution in [0.3, 0.4) is 0 Å². The van der Waals surface area contributed by atoms with Gasteiger partial charge in [-0.1, -0.05) is 30.3 Å². The Morgan fingerprint density at radius 3 is 2.54 bits per heavy atom. The minimum absolute atomic E-state index is 0.0110. The quantitative estimate of drug-likeness (QED) is 0.618. The van der Waals surface area contributed by atoms with Gasteiger partial charge in [-0.25, -0.2) is 9.78 Å². The third-order valence-electron chi connectivity index (χ3n) is 4.33. The monoisotopic (exact) mass is 356 g/mol. The zero-order chi connectivity index (χ0) is 18.5. The summed E-state index contributed by atoms with van der Waals surface area (Å²) in [6.45, 7) is 4.19. The zero-order valence-corrected chi connectivity index (χ0v) is 14.5. The number of piperazine rings is 1. The molecule has 1 saturated heterocycles. The van der Waals surface area contributed by atoms with Gasteiger partial charge in [-0.05, 0) is 18.6 Å². The van der Waals surface area contributed by atoms with E-state index in [9.17, 15) is 14.9 Å². The van der Waals surface area contributed by atoms with Crippen LogP contribution in [0.5, 0.6) is 0 Å². The molecule has 0 spiro atoms. The molecule has 26 heavy (non-hydrogen) atoms. The highest BCUT2D eigenvalue weighted by Gasteiger charge is 2.24. The van der Waals surface area contributed by atoms with Crippen molar-refractivity contribution in [3.05, 3.63) is 63.8 Å². The predicted octanol–water partition coefficient (Wildman–Crippen LogP) is 2.76. The lowest BCUT2D eigenvalue weighted by molar-refractivity contribution is -0.385. The zero-order valence-electron chi connectivity index (χ0n) is 14.5. The van der Waals surface area contributed by atoms with Gasteiger partial charge >= 0.3 is 6.09 Å². The smallest absolute Gasteiger partial charge is 0.410 e. The van der Waals surface area contributed by atoms with Gasteiger partial charge in [0.2, 0.25) is 0 Å². The molecular formula is C18H20N4O4. The summed E-state index contributed by atoms with van der Waals surface area (Å²) in [5.41, 5.74) is 1.53. The Balaban J connectivity index is 1.53. The first-order chi connectivity index (χ1) is 12.5. The van der Waals surface area contributed by atoms with E-state index in [2.05, 4.69) is 4.98 Å². The molecule has 2 heterocycles. The van der Waals surface area contributed by atoms with Gasteiger partial charge in [0.25, 0.3) is 5.69 Å². The van der Waals surface area contributed by atoms with Crippen molar-refractivity contribution in [1.82, 2.24) is 9.88 Å². The number of aryl methyl sites for hydroxylation is 1. The molecule has 1 aromatic carbocycles. The van der Waals surface area contributed by atoms with Gasteiger partial charge in [-0.2, -0.15) is 0 Å². The van der Waals surface area contributed by atoms with Crippen LogP contribution in [0.25, 0.3) is 0 Å². The molecule has 0 bridgehead atoms. The van der Waals surface area contributed by atoms with Crippen LogP contribution in [0, 0.1) is 17.0 Å². The summed E-state index contributed by atoms with van der Waals surface area (Å²) in [4.78, 5) is 30.5. The van der Waals surface area contributed by atoms with Crippen LogP contribution in [0.15, 0.2) is 42.6 Å². The average Bonchev–Trinajstić information content (AvgIpc) is 2.66. The second kappa shape index (κ2) is 7.81. The van der Waals surface area contributed by atoms with Gasteiger partial charge in [0.05, 0.1) is 4.92 Å². The first-order valence-corrected chi connectivity index (χ1v) is 8.36. The molecule has 1 aromatic heterocycles. The number of carbonyl (C=O) groups excluding carboxylic acids is 1. The van der Waals surface area contributed by atoms with Crippen LogP contribution in [-0.2, 0) is 11.3 Å². The Labute approximate surface area is 151 Å². The van der Waals surface area contributed by atoms with Crippen molar-refractivity contribution in [2.75, 3.05) is 31.1 Å². The number of nitro groups is 1. The standard InChI is InChI=1S/C18H20N4O4/c1-14-11-17(19-12-16(14)22(24)25)20-7-9-21(10-8-20)18(23)26-13-15-5-3-2-4-6-15/h2-6,11-12H,7-10,13H2,1H3. The molecule has 0 unspecified atom stereocenters. The van der Waals surface area contributed by atoms with Crippen molar-refractivity contribution in [2.24, 2.45) is 0 Å². The first-order valence-electron chi connectivity index (χ1n) is 8.36. The topological polar surface area (TPSA) is 88.8 Å². The highest BCUT2D eigenvalue weighted by atomic mass is 16.6. The lowest BCUT2D eigenvalue weighted by atomic mass is 10.2. The number of pyridine rings is 1. The highest BCUT2D eigenvalue weighted by molar-refractivity contribution is 5.68. The van der Waals surface area contributed by atoms with Crippen LogP contribution in [0.2, 0.25) is 0 Å². The SMILES string of the molecule is Cc1cc(N2CCN(C(=O)OCc3ccccc3)CC2)ncc1[N+](=O)[O-]. The largest absolute Gasteiger partial charge is 0.445 e. The van der Waals surface area contributed by atoms with Gasteiger partial charge in [-0.15, -0.1) is 0 Å². The van der Waals surface area contributed by atoms with E-state index in [1.54, 1.807) is 17.9 Å². The lowest BCUT2D eigenvalue weighted by Gasteiger charge is -2.34. The number of hydrogen-bond acceptors (Lipinski definition) is 6. The number of ether oxygens (including phenoxy) is 1. The number of nitrogens with zero attached hydrogens (tertiary/aromatic N) is 4. The molecule has 0 aliphatic carbocycles. The average molecular weight is 356 g/mol. The predicted molar refractivity (Wildman–Crippen MR) is 96.0 cm³/mol. The first kappa shape index (κ1) is 17.7. The van der Waals surface area contributed by atoms with Crippen molar-refractivity contribution in [3.8, 4) is 0 Å². The van der Waals surface area contributed by atoms with Crippen LogP contribution in [0.1, 0.15) is 11.1 Å². The van der Waals surface area contributed by atoms with Crippen LogP contribution < -0.4 is 4.90 Å². The fourth-order valence-electron chi connectivity index (χ4n) is 2.83. The summed E-state index contributed by atoms with van der Waals surface area (Å²) in [5.74, 6) is 0.686. The molecule has 0 radical (unpaired) electrons. The Kier molecular flexibility index (Phi) is 5.31. The molecule has 1 aliphatic heterocycles. The molecule has 0 atom stereocenters. The molecule has 0 N–H and O–H groups in total. The number of rotatable bonds is 4. The van der Waals surface area contributed by atoms with Crippen molar-refractivity contribution in [3.63, 3.8) is 0 Å². The van der Waals surface area contributed by atoms with Gasteiger partial charge in [0.15, 0.2) is 0 Å². The van der Waals surface area contributed by atoms with Crippen LogP contribution in [-0.4, -0.2) is 47.1 Å². The number of carbonyl (C=O) groups is 1. The molecule has 8 heteroatoms. The van der Waals surface area contributed by atoms with Gasteiger partial charge < -0.3 is 14.5 Å². The summed E-state index contributed by atoms with van der Waals surface area (Å²) >= 11 is 0. The van der Waals surface area contributed by atoms with E-state index < -0.39 is 4.92 Å². The summed E-state index contributed by atoms with van der Waals surface area (Å²) < 4.78 is 5.35.